The Kier molecular flexibility index (Phi) is 7.06. The fourth-order valence-electron chi connectivity index (χ4n) is 2.69. The van der Waals surface area contributed by atoms with Crippen LogP contribution in [0.5, 0.6) is 11.5 Å². The van der Waals surface area contributed by atoms with Gasteiger partial charge in [-0.15, -0.1) is 0 Å². The van der Waals surface area contributed by atoms with Crippen molar-refractivity contribution in [1.29, 1.82) is 0 Å². The second-order valence-electron chi connectivity index (χ2n) is 7.22. The van der Waals surface area contributed by atoms with Crippen LogP contribution in [-0.4, -0.2) is 37.6 Å². The molecule has 26 heavy (non-hydrogen) atoms. The van der Waals surface area contributed by atoms with Crippen LogP contribution in [0.4, 0.5) is 0 Å². The van der Waals surface area contributed by atoms with Crippen LogP contribution in [0.15, 0.2) is 48.5 Å². The molecule has 1 unspecified atom stereocenters. The van der Waals surface area contributed by atoms with Crippen LogP contribution in [0, 0.1) is 0 Å². The van der Waals surface area contributed by atoms with Crippen molar-refractivity contribution in [3.05, 3.63) is 59.7 Å². The van der Waals surface area contributed by atoms with Gasteiger partial charge < -0.3 is 19.3 Å². The molecule has 4 nitrogen and oxygen atoms in total. The van der Waals surface area contributed by atoms with Crippen molar-refractivity contribution in [3.8, 4) is 11.5 Å². The quantitative estimate of drug-likeness (QED) is 0.730. The third-order valence-corrected chi connectivity index (χ3v) is 4.45. The van der Waals surface area contributed by atoms with Crippen molar-refractivity contribution < 1.29 is 19.3 Å². The smallest absolute Gasteiger partial charge is 0.119 e. The average molecular weight is 358 g/mol. The first kappa shape index (κ1) is 20.3. The first-order valence-electron chi connectivity index (χ1n) is 9.00. The highest BCUT2D eigenvalue weighted by Gasteiger charge is 2.23. The van der Waals surface area contributed by atoms with Gasteiger partial charge in [-0.2, -0.15) is 0 Å². The Morgan fingerprint density at radius 1 is 0.846 bits per heavy atom. The molecule has 1 N–H and O–H groups in total. The van der Waals surface area contributed by atoms with Gasteiger partial charge in [0.05, 0.1) is 19.8 Å². The Labute approximate surface area is 156 Å². The summed E-state index contributed by atoms with van der Waals surface area (Å²) in [5.74, 6) is 1.59. The Morgan fingerprint density at radius 2 is 1.35 bits per heavy atom. The van der Waals surface area contributed by atoms with Gasteiger partial charge in [-0.05, 0) is 49.2 Å². The lowest BCUT2D eigenvalue weighted by Crippen LogP contribution is -2.25. The summed E-state index contributed by atoms with van der Waals surface area (Å²) < 4.78 is 16.3. The van der Waals surface area contributed by atoms with Gasteiger partial charge in [0.15, 0.2) is 0 Å². The average Bonchev–Trinajstić information content (AvgIpc) is 2.65. The number of ether oxygens (including phenoxy) is 3. The van der Waals surface area contributed by atoms with Crippen LogP contribution >= 0.6 is 0 Å². The monoisotopic (exact) mass is 358 g/mol. The molecule has 0 bridgehead atoms. The Bertz CT molecular complexity index is 660. The van der Waals surface area contributed by atoms with Gasteiger partial charge in [-0.3, -0.25) is 0 Å². The minimum Gasteiger partial charge on any atom is -0.497 e. The number of rotatable bonds is 9. The zero-order chi connectivity index (χ0) is 19.2. The standard InChI is InChI=1S/C22H30O4/c1-16(2)25-14-19(23)15-26-21-12-8-18(9-13-21)22(3,4)17-6-10-20(24-5)11-7-17/h6-13,16,19,23H,14-15H2,1-5H3. The van der Waals surface area contributed by atoms with Gasteiger partial charge in [-0.1, -0.05) is 38.1 Å². The first-order valence-corrected chi connectivity index (χ1v) is 9.00. The van der Waals surface area contributed by atoms with E-state index in [-0.39, 0.29) is 24.7 Å². The molecule has 0 aromatic heterocycles. The first-order chi connectivity index (χ1) is 12.3. The lowest BCUT2D eigenvalue weighted by atomic mass is 9.78. The SMILES string of the molecule is COc1ccc(C(C)(C)c2ccc(OCC(O)COC(C)C)cc2)cc1. The van der Waals surface area contributed by atoms with Crippen molar-refractivity contribution in [2.75, 3.05) is 20.3 Å². The molecule has 2 aromatic carbocycles. The van der Waals surface area contributed by atoms with Crippen molar-refractivity contribution >= 4 is 0 Å². The summed E-state index contributed by atoms with van der Waals surface area (Å²) in [5.41, 5.74) is 2.28. The molecule has 0 fully saturated rings. The van der Waals surface area contributed by atoms with Crippen molar-refractivity contribution in [2.45, 2.75) is 45.3 Å². The zero-order valence-electron chi connectivity index (χ0n) is 16.4. The van der Waals surface area contributed by atoms with E-state index in [2.05, 4.69) is 38.1 Å². The van der Waals surface area contributed by atoms with E-state index in [1.807, 2.05) is 38.1 Å². The maximum absolute atomic E-state index is 9.87. The largest absolute Gasteiger partial charge is 0.497 e. The molecule has 0 saturated heterocycles. The third kappa shape index (κ3) is 5.48. The normalized spacial score (nSPS) is 12.9. The molecule has 0 saturated carbocycles. The molecule has 0 heterocycles. The molecule has 0 aliphatic heterocycles. The highest BCUT2D eigenvalue weighted by atomic mass is 16.5. The van der Waals surface area contributed by atoms with Crippen molar-refractivity contribution in [3.63, 3.8) is 0 Å². The van der Waals surface area contributed by atoms with E-state index in [1.165, 1.54) is 11.1 Å². The molecule has 0 amide bonds. The minimum atomic E-state index is -0.632. The van der Waals surface area contributed by atoms with Crippen LogP contribution in [0.25, 0.3) is 0 Å². The van der Waals surface area contributed by atoms with Crippen LogP contribution < -0.4 is 9.47 Å². The van der Waals surface area contributed by atoms with E-state index in [0.717, 1.165) is 11.5 Å². The number of hydrogen-bond donors (Lipinski definition) is 1. The van der Waals surface area contributed by atoms with Gasteiger partial charge >= 0.3 is 0 Å². The molecule has 0 spiro atoms. The molecular formula is C22H30O4. The molecule has 2 rings (SSSR count). The maximum Gasteiger partial charge on any atom is 0.119 e. The Morgan fingerprint density at radius 3 is 1.81 bits per heavy atom. The predicted octanol–water partition coefficient (Wildman–Crippen LogP) is 4.19. The fraction of sp³-hybridized carbons (Fsp3) is 0.455. The fourth-order valence-corrected chi connectivity index (χ4v) is 2.69. The van der Waals surface area contributed by atoms with Gasteiger partial charge in [0.2, 0.25) is 0 Å². The summed E-state index contributed by atoms with van der Waals surface area (Å²) in [7, 11) is 1.67. The van der Waals surface area contributed by atoms with E-state index < -0.39 is 6.10 Å². The predicted molar refractivity (Wildman–Crippen MR) is 104 cm³/mol. The lowest BCUT2D eigenvalue weighted by molar-refractivity contribution is -0.0122. The van der Waals surface area contributed by atoms with Crippen LogP contribution in [0.2, 0.25) is 0 Å². The molecule has 1 atom stereocenters. The second-order valence-corrected chi connectivity index (χ2v) is 7.22. The highest BCUT2D eigenvalue weighted by molar-refractivity contribution is 5.41. The summed E-state index contributed by atoms with van der Waals surface area (Å²) in [5, 5.41) is 9.87. The van der Waals surface area contributed by atoms with Crippen LogP contribution in [0.1, 0.15) is 38.8 Å². The van der Waals surface area contributed by atoms with E-state index in [1.54, 1.807) is 7.11 Å². The van der Waals surface area contributed by atoms with E-state index in [9.17, 15) is 5.11 Å². The Hall–Kier alpha value is -2.04. The molecular weight excluding hydrogens is 328 g/mol. The van der Waals surface area contributed by atoms with Crippen molar-refractivity contribution in [1.82, 2.24) is 0 Å². The third-order valence-electron chi connectivity index (χ3n) is 4.45. The van der Waals surface area contributed by atoms with Gasteiger partial charge in [0.1, 0.15) is 24.2 Å². The maximum atomic E-state index is 9.87. The lowest BCUT2D eigenvalue weighted by Gasteiger charge is -2.26. The summed E-state index contributed by atoms with van der Waals surface area (Å²) in [6.07, 6.45) is -0.531. The van der Waals surface area contributed by atoms with Gasteiger partial charge in [0.25, 0.3) is 0 Å². The van der Waals surface area contributed by atoms with Crippen LogP contribution in [0.3, 0.4) is 0 Å². The molecule has 0 aliphatic rings. The number of aliphatic hydroxyl groups is 1. The molecule has 0 aliphatic carbocycles. The summed E-state index contributed by atoms with van der Waals surface area (Å²) in [6, 6.07) is 16.2. The molecule has 0 radical (unpaired) electrons. The zero-order valence-corrected chi connectivity index (χ0v) is 16.4. The molecule has 142 valence electrons. The topological polar surface area (TPSA) is 47.9 Å². The number of hydrogen-bond acceptors (Lipinski definition) is 4. The van der Waals surface area contributed by atoms with Gasteiger partial charge in [-0.25, -0.2) is 0 Å². The minimum absolute atomic E-state index is 0.101. The summed E-state index contributed by atoms with van der Waals surface area (Å²) >= 11 is 0. The second kappa shape index (κ2) is 9.06. The van der Waals surface area contributed by atoms with Crippen LogP contribution in [-0.2, 0) is 10.2 Å². The number of aliphatic hydroxyl groups excluding tert-OH is 1. The van der Waals surface area contributed by atoms with E-state index >= 15 is 0 Å². The highest BCUT2D eigenvalue weighted by Crippen LogP contribution is 2.33. The number of methoxy groups -OCH3 is 1. The number of benzene rings is 2. The summed E-state index contributed by atoms with van der Waals surface area (Å²) in [4.78, 5) is 0. The molecule has 4 heteroatoms. The van der Waals surface area contributed by atoms with E-state index in [0.29, 0.717) is 0 Å². The van der Waals surface area contributed by atoms with Crippen molar-refractivity contribution in [2.24, 2.45) is 0 Å². The van der Waals surface area contributed by atoms with Gasteiger partial charge in [0, 0.05) is 5.41 Å². The molecule has 2 aromatic rings. The summed E-state index contributed by atoms with van der Waals surface area (Å²) in [6.45, 7) is 8.76. The Balaban J connectivity index is 1.98. The van der Waals surface area contributed by atoms with E-state index in [4.69, 9.17) is 14.2 Å².